The molecule has 1 rings (SSSR count). The Hall–Kier alpha value is -2.02. The molecule has 1 aromatic rings. The maximum absolute atomic E-state index is 13.0. The van der Waals surface area contributed by atoms with E-state index in [4.69, 9.17) is 4.84 Å². The van der Waals surface area contributed by atoms with E-state index >= 15 is 0 Å². The monoisotopic (exact) mass is 256 g/mol. The van der Waals surface area contributed by atoms with Gasteiger partial charge in [-0.3, -0.25) is 19.7 Å². The minimum atomic E-state index is -0.846. The molecule has 0 spiro atoms. The Morgan fingerprint density at radius 3 is 2.78 bits per heavy atom. The summed E-state index contributed by atoms with van der Waals surface area (Å²) in [6.07, 6.45) is 0. The van der Waals surface area contributed by atoms with Gasteiger partial charge in [0.05, 0.1) is 11.5 Å². The van der Waals surface area contributed by atoms with E-state index in [0.29, 0.717) is 0 Å². The normalized spacial score (nSPS) is 10.4. The molecule has 0 fully saturated rings. The second-order valence-corrected chi connectivity index (χ2v) is 4.05. The Bertz CT molecular complexity index is 462. The number of carbonyl (C=O) groups excluding carboxylic acids is 1. The molecule has 18 heavy (non-hydrogen) atoms. The highest BCUT2D eigenvalue weighted by Crippen LogP contribution is 2.19. The fourth-order valence-electron chi connectivity index (χ4n) is 1.18. The van der Waals surface area contributed by atoms with Crippen LogP contribution in [0.1, 0.15) is 24.2 Å². The molecule has 7 heteroatoms. The van der Waals surface area contributed by atoms with Gasteiger partial charge in [0, 0.05) is 6.07 Å². The van der Waals surface area contributed by atoms with Gasteiger partial charge in [-0.1, -0.05) is 13.8 Å². The van der Waals surface area contributed by atoms with Gasteiger partial charge >= 0.3 is 0 Å². The van der Waals surface area contributed by atoms with Crippen LogP contribution >= 0.6 is 0 Å². The highest BCUT2D eigenvalue weighted by atomic mass is 19.1. The molecule has 1 aromatic carbocycles. The molecule has 0 bridgehead atoms. The third-order valence-corrected chi connectivity index (χ3v) is 1.98. The van der Waals surface area contributed by atoms with Crippen LogP contribution in [0.15, 0.2) is 18.2 Å². The lowest BCUT2D eigenvalue weighted by Gasteiger charge is -2.08. The fourth-order valence-corrected chi connectivity index (χ4v) is 1.18. The second kappa shape index (κ2) is 6.06. The van der Waals surface area contributed by atoms with Crippen LogP contribution in [-0.4, -0.2) is 17.4 Å². The molecule has 0 heterocycles. The lowest BCUT2D eigenvalue weighted by atomic mass is 10.1. The van der Waals surface area contributed by atoms with E-state index in [1.165, 1.54) is 0 Å². The summed E-state index contributed by atoms with van der Waals surface area (Å²) < 4.78 is 13.0. The maximum Gasteiger partial charge on any atom is 0.282 e. The lowest BCUT2D eigenvalue weighted by Crippen LogP contribution is -2.26. The van der Waals surface area contributed by atoms with Gasteiger partial charge in [-0.05, 0) is 18.1 Å². The number of halogens is 1. The van der Waals surface area contributed by atoms with Crippen molar-refractivity contribution >= 4 is 11.6 Å². The summed E-state index contributed by atoms with van der Waals surface area (Å²) in [5, 5.41) is 10.7. The quantitative estimate of drug-likeness (QED) is 0.645. The van der Waals surface area contributed by atoms with E-state index in [9.17, 15) is 19.3 Å². The van der Waals surface area contributed by atoms with E-state index in [1.54, 1.807) is 0 Å². The molecule has 0 saturated carbocycles. The van der Waals surface area contributed by atoms with Crippen LogP contribution in [0.2, 0.25) is 0 Å². The Morgan fingerprint density at radius 1 is 1.56 bits per heavy atom. The van der Waals surface area contributed by atoms with Crippen molar-refractivity contribution in [1.82, 2.24) is 5.48 Å². The number of hydroxylamine groups is 1. The van der Waals surface area contributed by atoms with Crippen LogP contribution in [0, 0.1) is 21.8 Å². The van der Waals surface area contributed by atoms with Gasteiger partial charge in [0.2, 0.25) is 0 Å². The molecule has 98 valence electrons. The van der Waals surface area contributed by atoms with Crippen LogP contribution in [0.4, 0.5) is 10.1 Å². The number of nitro groups is 1. The van der Waals surface area contributed by atoms with Crippen molar-refractivity contribution in [3.05, 3.63) is 39.7 Å². The summed E-state index contributed by atoms with van der Waals surface area (Å²) in [4.78, 5) is 26.4. The highest BCUT2D eigenvalue weighted by Gasteiger charge is 2.21. The van der Waals surface area contributed by atoms with Crippen molar-refractivity contribution in [2.75, 3.05) is 6.61 Å². The summed E-state index contributed by atoms with van der Waals surface area (Å²) in [7, 11) is 0. The molecular formula is C11H13FN2O4. The summed E-state index contributed by atoms with van der Waals surface area (Å²) in [6, 6.07) is 2.66. The second-order valence-electron chi connectivity index (χ2n) is 4.05. The molecule has 1 N–H and O–H groups in total. The standard InChI is InChI=1S/C11H13FN2O4/c1-7(2)6-18-13-11(15)9-5-8(12)3-4-10(9)14(16)17/h3-5,7H,6H2,1-2H3,(H,13,15). The predicted molar refractivity (Wildman–Crippen MR) is 61.3 cm³/mol. The Labute approximate surface area is 103 Å². The van der Waals surface area contributed by atoms with Gasteiger partial charge in [0.1, 0.15) is 11.4 Å². The zero-order valence-corrected chi connectivity index (χ0v) is 9.97. The van der Waals surface area contributed by atoms with Crippen molar-refractivity contribution in [1.29, 1.82) is 0 Å². The zero-order chi connectivity index (χ0) is 13.7. The van der Waals surface area contributed by atoms with E-state index in [-0.39, 0.29) is 18.1 Å². The predicted octanol–water partition coefficient (Wildman–Crippen LogP) is 2.05. The summed E-state index contributed by atoms with van der Waals surface area (Å²) in [5.41, 5.74) is 1.20. The maximum atomic E-state index is 13.0. The molecule has 0 aliphatic heterocycles. The number of rotatable bonds is 5. The van der Waals surface area contributed by atoms with Crippen LogP contribution in [0.3, 0.4) is 0 Å². The summed E-state index contributed by atoms with van der Waals surface area (Å²) in [6.45, 7) is 4.00. The molecule has 0 saturated heterocycles. The average molecular weight is 256 g/mol. The molecule has 0 aliphatic carbocycles. The smallest absolute Gasteiger partial charge is 0.273 e. The Morgan fingerprint density at radius 2 is 2.22 bits per heavy atom. The molecule has 0 unspecified atom stereocenters. The topological polar surface area (TPSA) is 81.5 Å². The van der Waals surface area contributed by atoms with Crippen LogP contribution < -0.4 is 5.48 Å². The number of carbonyl (C=O) groups is 1. The first-order valence-electron chi connectivity index (χ1n) is 5.28. The SMILES string of the molecule is CC(C)CONC(=O)c1cc(F)ccc1[N+](=O)[O-]. The fraction of sp³-hybridized carbons (Fsp3) is 0.364. The number of hydrogen-bond donors (Lipinski definition) is 1. The van der Waals surface area contributed by atoms with Gasteiger partial charge in [0.25, 0.3) is 11.6 Å². The number of benzene rings is 1. The Balaban J connectivity index is 2.84. The van der Waals surface area contributed by atoms with Crippen molar-refractivity contribution in [2.45, 2.75) is 13.8 Å². The first-order chi connectivity index (χ1) is 8.41. The van der Waals surface area contributed by atoms with Gasteiger partial charge in [-0.2, -0.15) is 0 Å². The van der Waals surface area contributed by atoms with Crippen molar-refractivity contribution in [3.63, 3.8) is 0 Å². The first-order valence-corrected chi connectivity index (χ1v) is 5.28. The molecule has 0 aliphatic rings. The summed E-state index contributed by atoms with van der Waals surface area (Å²) in [5.74, 6) is -1.38. The molecule has 1 amide bonds. The van der Waals surface area contributed by atoms with E-state index in [0.717, 1.165) is 18.2 Å². The van der Waals surface area contributed by atoms with Gasteiger partial charge in [-0.25, -0.2) is 9.87 Å². The van der Waals surface area contributed by atoms with E-state index in [1.807, 2.05) is 19.3 Å². The number of nitrogens with one attached hydrogen (secondary N) is 1. The van der Waals surface area contributed by atoms with Crippen LogP contribution in [0.5, 0.6) is 0 Å². The van der Waals surface area contributed by atoms with Gasteiger partial charge in [-0.15, -0.1) is 0 Å². The number of nitro benzene ring substituents is 1. The molecule has 0 aromatic heterocycles. The first kappa shape index (κ1) is 14.0. The minimum absolute atomic E-state index is 0.188. The van der Waals surface area contributed by atoms with E-state index in [2.05, 4.69) is 0 Å². The largest absolute Gasteiger partial charge is 0.282 e. The van der Waals surface area contributed by atoms with Crippen molar-refractivity contribution in [3.8, 4) is 0 Å². The average Bonchev–Trinajstić information content (AvgIpc) is 2.27. The van der Waals surface area contributed by atoms with Crippen molar-refractivity contribution in [2.24, 2.45) is 5.92 Å². The molecular weight excluding hydrogens is 243 g/mol. The molecule has 6 nitrogen and oxygen atoms in total. The molecule has 0 radical (unpaired) electrons. The number of amides is 1. The van der Waals surface area contributed by atoms with Crippen LogP contribution in [0.25, 0.3) is 0 Å². The van der Waals surface area contributed by atoms with Gasteiger partial charge in [0.15, 0.2) is 0 Å². The number of hydrogen-bond acceptors (Lipinski definition) is 4. The lowest BCUT2D eigenvalue weighted by molar-refractivity contribution is -0.385. The number of nitrogens with zero attached hydrogens (tertiary/aromatic N) is 1. The molecule has 0 atom stereocenters. The Kier molecular flexibility index (Phi) is 4.73. The summed E-state index contributed by atoms with van der Waals surface area (Å²) >= 11 is 0. The van der Waals surface area contributed by atoms with E-state index < -0.39 is 22.3 Å². The zero-order valence-electron chi connectivity index (χ0n) is 9.97. The highest BCUT2D eigenvalue weighted by molar-refractivity contribution is 5.97. The minimum Gasteiger partial charge on any atom is -0.273 e. The van der Waals surface area contributed by atoms with Gasteiger partial charge < -0.3 is 0 Å². The van der Waals surface area contributed by atoms with Crippen LogP contribution in [-0.2, 0) is 4.84 Å². The third-order valence-electron chi connectivity index (χ3n) is 1.98. The third kappa shape index (κ3) is 3.77. The van der Waals surface area contributed by atoms with Crippen molar-refractivity contribution < 1.29 is 18.9 Å².